The number of aliphatic hydroxyl groups is 2. The molecule has 0 saturated heterocycles. The van der Waals surface area contributed by atoms with Gasteiger partial charge >= 0.3 is 0 Å². The quantitative estimate of drug-likeness (QED) is 0.367. The second-order valence-electron chi connectivity index (χ2n) is 10.6. The molecular formula is C32H30ClN3O3. The van der Waals surface area contributed by atoms with Crippen molar-refractivity contribution >= 4 is 22.5 Å². The van der Waals surface area contributed by atoms with Crippen LogP contribution in [0.1, 0.15) is 42.7 Å². The van der Waals surface area contributed by atoms with Crippen molar-refractivity contribution in [2.45, 2.75) is 36.9 Å². The van der Waals surface area contributed by atoms with Gasteiger partial charge in [-0.3, -0.25) is 4.79 Å². The van der Waals surface area contributed by atoms with E-state index in [-0.39, 0.29) is 5.56 Å². The normalized spacial score (nSPS) is 18.5. The van der Waals surface area contributed by atoms with Crippen LogP contribution in [0.4, 0.5) is 0 Å². The summed E-state index contributed by atoms with van der Waals surface area (Å²) < 4.78 is 3.37. The SMILES string of the molecule is Cn1cncc1C(O)(c1ccc(Cl)cc1)c1ccc2c(c1)c(C1(C#CC(C)(C)O)C=CC=CC1)cc(=O)n2C. The molecule has 2 heterocycles. The number of aromatic nitrogens is 3. The molecule has 1 aliphatic carbocycles. The predicted molar refractivity (Wildman–Crippen MR) is 155 cm³/mol. The van der Waals surface area contributed by atoms with Gasteiger partial charge in [-0.05, 0) is 61.2 Å². The van der Waals surface area contributed by atoms with Gasteiger partial charge in [0.25, 0.3) is 5.56 Å². The van der Waals surface area contributed by atoms with Gasteiger partial charge in [-0.1, -0.05) is 65.9 Å². The van der Waals surface area contributed by atoms with E-state index >= 15 is 0 Å². The number of imidazole rings is 1. The van der Waals surface area contributed by atoms with Gasteiger partial charge in [0, 0.05) is 30.6 Å². The first kappa shape index (κ1) is 26.7. The number of fused-ring (bicyclic) bond motifs is 1. The van der Waals surface area contributed by atoms with Crippen molar-refractivity contribution in [1.29, 1.82) is 0 Å². The van der Waals surface area contributed by atoms with Crippen LogP contribution in [0.3, 0.4) is 0 Å². The Hall–Kier alpha value is -3.89. The van der Waals surface area contributed by atoms with Gasteiger partial charge in [0.2, 0.25) is 0 Å². The van der Waals surface area contributed by atoms with Crippen molar-refractivity contribution in [2.75, 3.05) is 0 Å². The van der Waals surface area contributed by atoms with Crippen molar-refractivity contribution in [3.8, 4) is 11.8 Å². The Labute approximate surface area is 232 Å². The number of halogens is 1. The van der Waals surface area contributed by atoms with E-state index in [0.29, 0.717) is 39.3 Å². The number of hydrogen-bond donors (Lipinski definition) is 2. The molecule has 2 aromatic heterocycles. The van der Waals surface area contributed by atoms with Crippen LogP contribution in [-0.4, -0.2) is 29.9 Å². The van der Waals surface area contributed by atoms with Gasteiger partial charge < -0.3 is 19.3 Å². The molecule has 0 spiro atoms. The van der Waals surface area contributed by atoms with E-state index in [2.05, 4.69) is 16.8 Å². The van der Waals surface area contributed by atoms with E-state index in [4.69, 9.17) is 11.6 Å². The summed E-state index contributed by atoms with van der Waals surface area (Å²) >= 11 is 6.18. The fraction of sp³-hybridized carbons (Fsp3) is 0.250. The number of aryl methyl sites for hydroxylation is 2. The van der Waals surface area contributed by atoms with Crippen LogP contribution < -0.4 is 5.56 Å². The predicted octanol–water partition coefficient (Wildman–Crippen LogP) is 4.74. The zero-order chi connectivity index (χ0) is 28.0. The standard InChI is InChI=1S/C32H30ClN3O3/c1-30(2,38)16-17-31(14-6-5-7-15-31)26-19-29(37)36(4)27-13-10-23(18-25(26)27)32(39,28-20-34-21-35(28)3)22-8-11-24(33)12-9-22/h5-14,18-21,38-39H,15H2,1-4H3. The second kappa shape index (κ2) is 9.69. The summed E-state index contributed by atoms with van der Waals surface area (Å²) in [4.78, 5) is 17.4. The van der Waals surface area contributed by atoms with Crippen LogP contribution >= 0.6 is 11.6 Å². The van der Waals surface area contributed by atoms with Crippen LogP contribution in [0.2, 0.25) is 5.02 Å². The first-order valence-corrected chi connectivity index (χ1v) is 13.0. The summed E-state index contributed by atoms with van der Waals surface area (Å²) in [7, 11) is 3.56. The number of rotatable bonds is 4. The Balaban J connectivity index is 1.85. The first-order valence-electron chi connectivity index (χ1n) is 12.7. The number of benzene rings is 2. The smallest absolute Gasteiger partial charge is 0.251 e. The van der Waals surface area contributed by atoms with Gasteiger partial charge in [0.05, 0.1) is 29.1 Å². The minimum Gasteiger partial charge on any atom is -0.378 e. The number of allylic oxidation sites excluding steroid dienone is 4. The van der Waals surface area contributed by atoms with Crippen molar-refractivity contribution in [1.82, 2.24) is 14.1 Å². The molecule has 7 heteroatoms. The fourth-order valence-electron chi connectivity index (χ4n) is 5.16. The molecule has 4 aromatic rings. The molecule has 0 aliphatic heterocycles. The molecule has 0 bridgehead atoms. The van der Waals surface area contributed by atoms with Crippen LogP contribution in [0.5, 0.6) is 0 Å². The average molecular weight is 540 g/mol. The molecule has 2 atom stereocenters. The molecule has 0 amide bonds. The molecular weight excluding hydrogens is 510 g/mol. The largest absolute Gasteiger partial charge is 0.378 e. The molecule has 198 valence electrons. The lowest BCUT2D eigenvalue weighted by Crippen LogP contribution is -2.32. The third-order valence-electron chi connectivity index (χ3n) is 7.25. The van der Waals surface area contributed by atoms with E-state index in [0.717, 1.165) is 5.39 Å². The molecule has 2 N–H and O–H groups in total. The molecule has 1 aliphatic rings. The lowest BCUT2D eigenvalue weighted by Gasteiger charge is -2.32. The Morgan fingerprint density at radius 1 is 1.03 bits per heavy atom. The van der Waals surface area contributed by atoms with Crippen LogP contribution in [0.25, 0.3) is 10.9 Å². The maximum absolute atomic E-state index is 13.2. The van der Waals surface area contributed by atoms with Crippen LogP contribution in [-0.2, 0) is 25.1 Å². The summed E-state index contributed by atoms with van der Waals surface area (Å²) in [5.41, 5.74) is -0.573. The fourth-order valence-corrected chi connectivity index (χ4v) is 5.29. The molecule has 39 heavy (non-hydrogen) atoms. The van der Waals surface area contributed by atoms with E-state index < -0.39 is 16.6 Å². The van der Waals surface area contributed by atoms with E-state index in [9.17, 15) is 15.0 Å². The number of pyridine rings is 1. The minimum atomic E-state index is -1.57. The zero-order valence-electron chi connectivity index (χ0n) is 22.3. The summed E-state index contributed by atoms with van der Waals surface area (Å²) in [5.74, 6) is 6.26. The topological polar surface area (TPSA) is 80.3 Å². The minimum absolute atomic E-state index is 0.169. The molecule has 5 rings (SSSR count). The highest BCUT2D eigenvalue weighted by molar-refractivity contribution is 6.30. The third kappa shape index (κ3) is 4.74. The summed E-state index contributed by atoms with van der Waals surface area (Å²) in [6.45, 7) is 3.27. The molecule has 6 nitrogen and oxygen atoms in total. The molecule has 2 unspecified atom stereocenters. The Morgan fingerprint density at radius 2 is 1.74 bits per heavy atom. The van der Waals surface area contributed by atoms with E-state index in [1.807, 2.05) is 49.6 Å². The van der Waals surface area contributed by atoms with Gasteiger partial charge in [-0.25, -0.2) is 4.98 Å². The maximum Gasteiger partial charge on any atom is 0.251 e. The van der Waals surface area contributed by atoms with Crippen molar-refractivity contribution < 1.29 is 10.2 Å². The summed E-state index contributed by atoms with van der Waals surface area (Å²) in [5, 5.41) is 24.2. The Bertz CT molecular complexity index is 1750. The highest BCUT2D eigenvalue weighted by Gasteiger charge is 2.38. The highest BCUT2D eigenvalue weighted by atomic mass is 35.5. The van der Waals surface area contributed by atoms with Gasteiger partial charge in [-0.2, -0.15) is 0 Å². The zero-order valence-corrected chi connectivity index (χ0v) is 23.1. The molecule has 0 radical (unpaired) electrons. The molecule has 0 fully saturated rings. The molecule has 2 aromatic carbocycles. The highest BCUT2D eigenvalue weighted by Crippen LogP contribution is 2.41. The summed E-state index contributed by atoms with van der Waals surface area (Å²) in [6.07, 6.45) is 11.7. The van der Waals surface area contributed by atoms with Crippen molar-refractivity contribution in [3.63, 3.8) is 0 Å². The molecule has 0 saturated carbocycles. The average Bonchev–Trinajstić information content (AvgIpc) is 3.35. The van der Waals surface area contributed by atoms with E-state index in [1.54, 1.807) is 72.9 Å². The number of nitrogens with zero attached hydrogens (tertiary/aromatic N) is 3. The lowest BCUT2D eigenvalue weighted by atomic mass is 9.73. The Morgan fingerprint density at radius 3 is 2.36 bits per heavy atom. The van der Waals surface area contributed by atoms with Gasteiger partial charge in [0.1, 0.15) is 5.60 Å². The van der Waals surface area contributed by atoms with Crippen LogP contribution in [0, 0.1) is 11.8 Å². The lowest BCUT2D eigenvalue weighted by molar-refractivity contribution is 0.117. The van der Waals surface area contributed by atoms with Gasteiger partial charge in [-0.15, -0.1) is 0 Å². The van der Waals surface area contributed by atoms with E-state index in [1.165, 1.54) is 0 Å². The first-order chi connectivity index (χ1) is 18.4. The van der Waals surface area contributed by atoms with Crippen molar-refractivity contribution in [3.05, 3.63) is 123 Å². The maximum atomic E-state index is 13.2. The third-order valence-corrected chi connectivity index (χ3v) is 7.51. The monoisotopic (exact) mass is 539 g/mol. The Kier molecular flexibility index (Phi) is 6.64. The van der Waals surface area contributed by atoms with Gasteiger partial charge in [0.15, 0.2) is 5.60 Å². The second-order valence-corrected chi connectivity index (χ2v) is 11.0. The number of hydrogen-bond acceptors (Lipinski definition) is 4. The summed E-state index contributed by atoms with van der Waals surface area (Å²) in [6, 6.07) is 14.3. The van der Waals surface area contributed by atoms with Crippen molar-refractivity contribution in [2.24, 2.45) is 14.1 Å². The van der Waals surface area contributed by atoms with Crippen LogP contribution in [0.15, 0.2) is 90.2 Å².